The molecule has 0 bridgehead atoms. The number of hydrogen-bond acceptors (Lipinski definition) is 5. The summed E-state index contributed by atoms with van der Waals surface area (Å²) in [5.74, 6) is -0.533. The molecule has 4 aromatic rings. The molecule has 7 nitrogen and oxygen atoms in total. The van der Waals surface area contributed by atoms with Crippen molar-refractivity contribution in [3.63, 3.8) is 0 Å². The SMILES string of the molecule is CCOC(=O)c1c(C[NH+]2CCC(C(=O)OCC)(c3ccccc3)CC2)n(-c2ccccc2)c2cc(Br)c(O)cc12. The van der Waals surface area contributed by atoms with Crippen LogP contribution in [0.4, 0.5) is 0 Å². The van der Waals surface area contributed by atoms with E-state index in [1.54, 1.807) is 13.0 Å². The van der Waals surface area contributed by atoms with Gasteiger partial charge in [-0.05, 0) is 59.6 Å². The van der Waals surface area contributed by atoms with Crippen LogP contribution in [0.15, 0.2) is 77.3 Å². The van der Waals surface area contributed by atoms with Gasteiger partial charge in [0, 0.05) is 23.9 Å². The number of hydrogen-bond donors (Lipinski definition) is 2. The van der Waals surface area contributed by atoms with Crippen LogP contribution < -0.4 is 4.90 Å². The zero-order valence-electron chi connectivity index (χ0n) is 22.8. The third kappa shape index (κ3) is 5.13. The lowest BCUT2D eigenvalue weighted by Gasteiger charge is -2.38. The zero-order valence-corrected chi connectivity index (χ0v) is 24.4. The van der Waals surface area contributed by atoms with E-state index in [9.17, 15) is 14.7 Å². The van der Waals surface area contributed by atoms with Crippen LogP contribution in [0.5, 0.6) is 5.75 Å². The first kappa shape index (κ1) is 27.9. The number of carbonyl (C=O) groups excluding carboxylic acids is 2. The molecule has 40 heavy (non-hydrogen) atoms. The maximum atomic E-state index is 13.4. The highest BCUT2D eigenvalue weighted by atomic mass is 79.9. The molecule has 1 aliphatic rings. The van der Waals surface area contributed by atoms with Crippen molar-refractivity contribution < 1.29 is 29.1 Å². The molecule has 0 unspecified atom stereocenters. The van der Waals surface area contributed by atoms with Crippen LogP contribution in [-0.2, 0) is 26.2 Å². The molecule has 0 saturated carbocycles. The summed E-state index contributed by atoms with van der Waals surface area (Å²) in [6.07, 6.45) is 1.27. The molecule has 0 spiro atoms. The number of carbonyl (C=O) groups is 2. The molecule has 208 valence electrons. The minimum Gasteiger partial charge on any atom is -0.507 e. The van der Waals surface area contributed by atoms with Gasteiger partial charge in [0.1, 0.15) is 17.7 Å². The molecular weight excluding hydrogens is 572 g/mol. The largest absolute Gasteiger partial charge is 0.507 e. The van der Waals surface area contributed by atoms with E-state index in [1.165, 1.54) is 4.90 Å². The van der Waals surface area contributed by atoms with Gasteiger partial charge in [0.2, 0.25) is 0 Å². The van der Waals surface area contributed by atoms with Crippen LogP contribution >= 0.6 is 15.9 Å². The Hall–Kier alpha value is -3.62. The monoisotopic (exact) mass is 605 g/mol. The number of phenolic OH excluding ortho intramolecular Hbond substituents is 1. The topological polar surface area (TPSA) is 82.2 Å². The Morgan fingerprint density at radius 3 is 2.20 bits per heavy atom. The number of phenols is 1. The van der Waals surface area contributed by atoms with E-state index in [1.807, 2.05) is 73.7 Å². The van der Waals surface area contributed by atoms with Gasteiger partial charge in [-0.25, -0.2) is 4.79 Å². The van der Waals surface area contributed by atoms with Crippen molar-refractivity contribution in [2.24, 2.45) is 0 Å². The van der Waals surface area contributed by atoms with Crippen LogP contribution in [0.1, 0.15) is 48.3 Å². The van der Waals surface area contributed by atoms with Gasteiger partial charge in [-0.2, -0.15) is 0 Å². The molecule has 0 aliphatic carbocycles. The average Bonchev–Trinajstić information content (AvgIpc) is 3.27. The van der Waals surface area contributed by atoms with Crippen LogP contribution in [0.25, 0.3) is 16.6 Å². The number of nitrogens with zero attached hydrogens (tertiary/aromatic N) is 1. The fourth-order valence-corrected chi connectivity index (χ4v) is 6.23. The Morgan fingerprint density at radius 2 is 1.57 bits per heavy atom. The minimum absolute atomic E-state index is 0.0576. The normalized spacial score (nSPS) is 18.9. The summed E-state index contributed by atoms with van der Waals surface area (Å²) in [5.41, 5.74) is 3.29. The second-order valence-electron chi connectivity index (χ2n) is 10.1. The quantitative estimate of drug-likeness (QED) is 0.278. The zero-order chi connectivity index (χ0) is 28.3. The van der Waals surface area contributed by atoms with Gasteiger partial charge in [0.05, 0.1) is 47.6 Å². The van der Waals surface area contributed by atoms with E-state index in [2.05, 4.69) is 20.5 Å². The summed E-state index contributed by atoms with van der Waals surface area (Å²) in [6, 6.07) is 23.3. The Kier molecular flexibility index (Phi) is 8.28. The van der Waals surface area contributed by atoms with E-state index in [4.69, 9.17) is 9.47 Å². The van der Waals surface area contributed by atoms with Crippen LogP contribution in [-0.4, -0.2) is 47.9 Å². The summed E-state index contributed by atoms with van der Waals surface area (Å²) in [5, 5.41) is 11.2. The average molecular weight is 607 g/mol. The molecule has 3 aromatic carbocycles. The van der Waals surface area contributed by atoms with E-state index in [-0.39, 0.29) is 18.3 Å². The minimum atomic E-state index is -0.687. The Morgan fingerprint density at radius 1 is 0.950 bits per heavy atom. The highest BCUT2D eigenvalue weighted by Crippen LogP contribution is 2.37. The predicted octanol–water partition coefficient (Wildman–Crippen LogP) is 4.96. The number of piperidine rings is 1. The number of fused-ring (bicyclic) bond motifs is 1. The third-order valence-electron chi connectivity index (χ3n) is 7.85. The Balaban J connectivity index is 1.57. The number of rotatable bonds is 8. The molecule has 1 aliphatic heterocycles. The van der Waals surface area contributed by atoms with Crippen LogP contribution in [0.3, 0.4) is 0 Å². The van der Waals surface area contributed by atoms with Crippen LogP contribution in [0.2, 0.25) is 0 Å². The lowest BCUT2D eigenvalue weighted by atomic mass is 9.72. The van der Waals surface area contributed by atoms with Crippen molar-refractivity contribution in [1.82, 2.24) is 4.57 Å². The molecule has 2 N–H and O–H groups in total. The first-order valence-electron chi connectivity index (χ1n) is 13.7. The molecule has 1 aromatic heterocycles. The molecule has 8 heteroatoms. The first-order chi connectivity index (χ1) is 19.4. The van der Waals surface area contributed by atoms with Gasteiger partial charge in [0.15, 0.2) is 0 Å². The summed E-state index contributed by atoms with van der Waals surface area (Å²) in [7, 11) is 0. The number of para-hydroxylation sites is 1. The molecular formula is C32H34BrN2O5+. The van der Waals surface area contributed by atoms with Gasteiger partial charge in [-0.15, -0.1) is 0 Å². The van der Waals surface area contributed by atoms with Crippen molar-refractivity contribution >= 4 is 38.8 Å². The van der Waals surface area contributed by atoms with Gasteiger partial charge >= 0.3 is 11.9 Å². The fraction of sp³-hybridized carbons (Fsp3) is 0.312. The Bertz CT molecular complexity index is 1510. The number of esters is 2. The Labute approximate surface area is 242 Å². The molecule has 1 saturated heterocycles. The van der Waals surface area contributed by atoms with E-state index in [0.717, 1.165) is 35.6 Å². The summed E-state index contributed by atoms with van der Waals surface area (Å²) in [4.78, 5) is 28.0. The second kappa shape index (κ2) is 11.9. The van der Waals surface area contributed by atoms with Crippen molar-refractivity contribution in [3.8, 4) is 11.4 Å². The maximum Gasteiger partial charge on any atom is 0.340 e. The molecule has 0 amide bonds. The number of nitrogens with one attached hydrogen (secondary N) is 1. The summed E-state index contributed by atoms with van der Waals surface area (Å²) in [6.45, 7) is 6.20. The van der Waals surface area contributed by atoms with Gasteiger partial charge in [0.25, 0.3) is 0 Å². The van der Waals surface area contributed by atoms with E-state index in [0.29, 0.717) is 41.4 Å². The lowest BCUT2D eigenvalue weighted by molar-refractivity contribution is -0.920. The fourth-order valence-electron chi connectivity index (χ4n) is 5.90. The molecule has 0 atom stereocenters. The number of aromatic hydroxyl groups is 1. The third-order valence-corrected chi connectivity index (χ3v) is 8.48. The van der Waals surface area contributed by atoms with E-state index >= 15 is 0 Å². The molecule has 2 heterocycles. The van der Waals surface area contributed by atoms with Crippen molar-refractivity contribution in [2.45, 2.75) is 38.6 Å². The lowest BCUT2D eigenvalue weighted by Crippen LogP contribution is -3.12. The van der Waals surface area contributed by atoms with Crippen molar-refractivity contribution in [2.75, 3.05) is 26.3 Å². The first-order valence-corrected chi connectivity index (χ1v) is 14.5. The van der Waals surface area contributed by atoms with Crippen LogP contribution in [0, 0.1) is 0 Å². The van der Waals surface area contributed by atoms with E-state index < -0.39 is 11.4 Å². The highest BCUT2D eigenvalue weighted by molar-refractivity contribution is 9.10. The number of benzene rings is 3. The molecule has 5 rings (SSSR count). The number of quaternary nitrogens is 1. The highest BCUT2D eigenvalue weighted by Gasteiger charge is 2.46. The van der Waals surface area contributed by atoms with Gasteiger partial charge < -0.3 is 24.0 Å². The van der Waals surface area contributed by atoms with Crippen molar-refractivity contribution in [1.29, 1.82) is 0 Å². The number of likely N-dealkylation sites (tertiary alicyclic amines) is 1. The predicted molar refractivity (Wildman–Crippen MR) is 157 cm³/mol. The maximum absolute atomic E-state index is 13.4. The number of ether oxygens (including phenoxy) is 2. The molecule has 0 radical (unpaired) electrons. The van der Waals surface area contributed by atoms with Gasteiger partial charge in [-0.3, -0.25) is 4.79 Å². The van der Waals surface area contributed by atoms with Gasteiger partial charge in [-0.1, -0.05) is 48.5 Å². The standard InChI is InChI=1S/C32H33BrN2O5/c1-3-39-30(37)29-24-19-28(36)25(33)20-26(24)35(23-13-9-6-10-14-23)27(29)21-34-17-15-32(16-18-34,31(38)40-4-2)22-11-7-5-8-12-22/h5-14,19-20,36H,3-4,15-18,21H2,1-2H3/p+1. The summed E-state index contributed by atoms with van der Waals surface area (Å²) < 4.78 is 13.7. The van der Waals surface area contributed by atoms with Crippen molar-refractivity contribution in [3.05, 3.63) is 94.1 Å². The second-order valence-corrected chi connectivity index (χ2v) is 11.0. The number of halogens is 1. The smallest absolute Gasteiger partial charge is 0.340 e. The summed E-state index contributed by atoms with van der Waals surface area (Å²) >= 11 is 3.46. The number of aromatic nitrogens is 1. The molecule has 1 fully saturated rings.